The average molecular weight is 153 g/mol. The van der Waals surface area contributed by atoms with Crippen LogP contribution in [0.25, 0.3) is 0 Å². The van der Waals surface area contributed by atoms with Crippen molar-refractivity contribution in [3.8, 4) is 0 Å². The van der Waals surface area contributed by atoms with E-state index >= 15 is 0 Å². The predicted octanol–water partition coefficient (Wildman–Crippen LogP) is 3.07. The second-order valence-corrected chi connectivity index (χ2v) is 2.97. The number of hydrogen-bond donors (Lipinski definition) is 0. The molecule has 0 saturated carbocycles. The quantitative estimate of drug-likeness (QED) is 0.550. The highest BCUT2D eigenvalue weighted by Gasteiger charge is 2.06. The van der Waals surface area contributed by atoms with Crippen molar-refractivity contribution < 1.29 is 0 Å². The molecule has 11 heavy (non-hydrogen) atoms. The van der Waals surface area contributed by atoms with Crippen molar-refractivity contribution in [3.63, 3.8) is 0 Å². The lowest BCUT2D eigenvalue weighted by Crippen LogP contribution is -2.10. The fourth-order valence-electron chi connectivity index (χ4n) is 1.05. The minimum Gasteiger partial charge on any atom is -0.290 e. The predicted molar refractivity (Wildman–Crippen MR) is 52.2 cm³/mol. The third-order valence-electron chi connectivity index (χ3n) is 1.66. The molecule has 0 aliphatic heterocycles. The van der Waals surface area contributed by atoms with E-state index in [9.17, 15) is 0 Å². The minimum atomic E-state index is 0.516. The molecule has 64 valence electrons. The van der Waals surface area contributed by atoms with Gasteiger partial charge in [-0.2, -0.15) is 0 Å². The van der Waals surface area contributed by atoms with Crippen molar-refractivity contribution in [2.45, 2.75) is 34.1 Å². The summed E-state index contributed by atoms with van der Waals surface area (Å²) in [6.45, 7) is 13.4. The van der Waals surface area contributed by atoms with Crippen molar-refractivity contribution in [1.82, 2.24) is 0 Å². The second-order valence-electron chi connectivity index (χ2n) is 2.97. The zero-order valence-corrected chi connectivity index (χ0v) is 8.15. The van der Waals surface area contributed by atoms with Gasteiger partial charge in [-0.25, -0.2) is 0 Å². The summed E-state index contributed by atoms with van der Waals surface area (Å²) in [6, 6.07) is 0. The Morgan fingerprint density at radius 2 is 1.91 bits per heavy atom. The molecule has 0 unspecified atom stereocenters. The summed E-state index contributed by atoms with van der Waals surface area (Å²) in [7, 11) is 0. The fourth-order valence-corrected chi connectivity index (χ4v) is 1.05. The summed E-state index contributed by atoms with van der Waals surface area (Å²) in [5.74, 6) is 0.516. The first kappa shape index (κ1) is 10.4. The Kier molecular flexibility index (Phi) is 4.84. The van der Waals surface area contributed by atoms with Gasteiger partial charge in [0.15, 0.2) is 0 Å². The van der Waals surface area contributed by atoms with Crippen LogP contribution in [0.5, 0.6) is 0 Å². The SMILES string of the molecule is C=C(CC)C(=NCC)C(C)C. The summed E-state index contributed by atoms with van der Waals surface area (Å²) in [6.07, 6.45) is 1.01. The normalized spacial score (nSPS) is 12.3. The molecule has 0 spiro atoms. The van der Waals surface area contributed by atoms with Crippen molar-refractivity contribution >= 4 is 5.71 Å². The molecule has 0 rings (SSSR count). The van der Waals surface area contributed by atoms with Gasteiger partial charge >= 0.3 is 0 Å². The molecule has 0 aromatic carbocycles. The number of rotatable bonds is 4. The van der Waals surface area contributed by atoms with Gasteiger partial charge in [-0.05, 0) is 24.8 Å². The molecule has 0 amide bonds. The van der Waals surface area contributed by atoms with Gasteiger partial charge in [0, 0.05) is 12.3 Å². The molecule has 0 fully saturated rings. The summed E-state index contributed by atoms with van der Waals surface area (Å²) in [4.78, 5) is 4.41. The Labute approximate surface area is 70.2 Å². The third-order valence-corrected chi connectivity index (χ3v) is 1.66. The van der Waals surface area contributed by atoms with Gasteiger partial charge in [-0.3, -0.25) is 4.99 Å². The van der Waals surface area contributed by atoms with E-state index in [1.807, 2.05) is 0 Å². The molecule has 0 atom stereocenters. The first-order chi connectivity index (χ1) is 5.13. The van der Waals surface area contributed by atoms with Gasteiger partial charge in [0.2, 0.25) is 0 Å². The molecule has 1 nitrogen and oxygen atoms in total. The maximum atomic E-state index is 4.41. The van der Waals surface area contributed by atoms with Crippen molar-refractivity contribution in [1.29, 1.82) is 0 Å². The van der Waals surface area contributed by atoms with Crippen LogP contribution in [-0.4, -0.2) is 12.3 Å². The molecular formula is C10H19N. The van der Waals surface area contributed by atoms with Crippen LogP contribution in [0, 0.1) is 5.92 Å². The van der Waals surface area contributed by atoms with Crippen molar-refractivity contribution in [3.05, 3.63) is 12.2 Å². The second kappa shape index (κ2) is 5.11. The first-order valence-electron chi connectivity index (χ1n) is 4.35. The van der Waals surface area contributed by atoms with Crippen molar-refractivity contribution in [2.75, 3.05) is 6.54 Å². The van der Waals surface area contributed by atoms with E-state index in [1.165, 1.54) is 11.3 Å². The number of hydrogen-bond acceptors (Lipinski definition) is 1. The summed E-state index contributed by atoms with van der Waals surface area (Å²) >= 11 is 0. The van der Waals surface area contributed by atoms with Crippen LogP contribution in [0.15, 0.2) is 17.1 Å². The largest absolute Gasteiger partial charge is 0.290 e. The van der Waals surface area contributed by atoms with Gasteiger partial charge in [0.1, 0.15) is 0 Å². The van der Waals surface area contributed by atoms with Gasteiger partial charge < -0.3 is 0 Å². The van der Waals surface area contributed by atoms with Gasteiger partial charge in [0.05, 0.1) is 0 Å². The molecule has 0 aliphatic carbocycles. The highest BCUT2D eigenvalue weighted by molar-refractivity contribution is 6.00. The number of nitrogens with zero attached hydrogens (tertiary/aromatic N) is 1. The lowest BCUT2D eigenvalue weighted by Gasteiger charge is -2.10. The van der Waals surface area contributed by atoms with Gasteiger partial charge in [-0.15, -0.1) is 0 Å². The van der Waals surface area contributed by atoms with Crippen LogP contribution < -0.4 is 0 Å². The van der Waals surface area contributed by atoms with Crippen molar-refractivity contribution in [2.24, 2.45) is 10.9 Å². The number of allylic oxidation sites excluding steroid dienone is 1. The van der Waals surface area contributed by atoms with E-state index in [0.717, 1.165) is 13.0 Å². The lowest BCUT2D eigenvalue weighted by molar-refractivity contribution is 0.863. The molecule has 0 N–H and O–H groups in total. The molecule has 0 radical (unpaired) electrons. The molecule has 0 aromatic heterocycles. The van der Waals surface area contributed by atoms with Crippen LogP contribution in [0.1, 0.15) is 34.1 Å². The Morgan fingerprint density at radius 1 is 1.36 bits per heavy atom. The van der Waals surface area contributed by atoms with E-state index in [-0.39, 0.29) is 0 Å². The lowest BCUT2D eigenvalue weighted by atomic mass is 9.99. The molecule has 0 aliphatic rings. The van der Waals surface area contributed by atoms with E-state index in [1.54, 1.807) is 0 Å². The topological polar surface area (TPSA) is 12.4 Å². The molecule has 1 heteroatoms. The molecule has 0 heterocycles. The van der Waals surface area contributed by atoms with Crippen LogP contribution in [0.3, 0.4) is 0 Å². The van der Waals surface area contributed by atoms with Crippen LogP contribution >= 0.6 is 0 Å². The molecule has 0 aromatic rings. The first-order valence-corrected chi connectivity index (χ1v) is 4.35. The van der Waals surface area contributed by atoms with E-state index < -0.39 is 0 Å². The monoisotopic (exact) mass is 153 g/mol. The Bertz CT molecular complexity index is 154. The molecule has 0 bridgehead atoms. The van der Waals surface area contributed by atoms with Crippen LogP contribution in [0.4, 0.5) is 0 Å². The van der Waals surface area contributed by atoms with E-state index in [0.29, 0.717) is 5.92 Å². The molecule has 0 saturated heterocycles. The summed E-state index contributed by atoms with van der Waals surface area (Å²) in [5.41, 5.74) is 2.37. The minimum absolute atomic E-state index is 0.516. The maximum absolute atomic E-state index is 4.41. The zero-order valence-electron chi connectivity index (χ0n) is 8.15. The standard InChI is InChI=1S/C10H19N/c1-6-9(5)10(8(3)4)11-7-2/h8H,5-7H2,1-4H3. The van der Waals surface area contributed by atoms with E-state index in [4.69, 9.17) is 0 Å². The Morgan fingerprint density at radius 3 is 2.18 bits per heavy atom. The Balaban J connectivity index is 4.34. The van der Waals surface area contributed by atoms with Gasteiger partial charge in [0.25, 0.3) is 0 Å². The smallest absolute Gasteiger partial charge is 0.0399 e. The fraction of sp³-hybridized carbons (Fsp3) is 0.700. The highest BCUT2D eigenvalue weighted by atomic mass is 14.7. The average Bonchev–Trinajstić information content (AvgIpc) is 1.98. The Hall–Kier alpha value is -0.590. The summed E-state index contributed by atoms with van der Waals surface area (Å²) < 4.78 is 0. The molecular weight excluding hydrogens is 134 g/mol. The zero-order chi connectivity index (χ0) is 8.85. The van der Waals surface area contributed by atoms with Crippen LogP contribution in [-0.2, 0) is 0 Å². The maximum Gasteiger partial charge on any atom is 0.0399 e. The third kappa shape index (κ3) is 3.35. The van der Waals surface area contributed by atoms with Crippen LogP contribution in [0.2, 0.25) is 0 Å². The number of aliphatic imine (C=N–C) groups is 1. The summed E-state index contributed by atoms with van der Waals surface area (Å²) in [5, 5.41) is 0. The van der Waals surface area contributed by atoms with Gasteiger partial charge in [-0.1, -0.05) is 27.4 Å². The van der Waals surface area contributed by atoms with E-state index in [2.05, 4.69) is 39.3 Å². The highest BCUT2D eigenvalue weighted by Crippen LogP contribution is 2.09.